The molecule has 2 fully saturated rings. The quantitative estimate of drug-likeness (QED) is 0.819. The summed E-state index contributed by atoms with van der Waals surface area (Å²) in [4.78, 5) is 19.2. The van der Waals surface area contributed by atoms with E-state index in [9.17, 15) is 4.79 Å². The van der Waals surface area contributed by atoms with E-state index in [0.717, 1.165) is 24.6 Å². The molecule has 1 amide bonds. The van der Waals surface area contributed by atoms with Crippen LogP contribution in [0.5, 0.6) is 0 Å². The molecule has 1 spiro atoms. The maximum absolute atomic E-state index is 12.5. The smallest absolute Gasteiger partial charge is 0.239 e. The van der Waals surface area contributed by atoms with Crippen LogP contribution in [-0.2, 0) is 11.3 Å². The van der Waals surface area contributed by atoms with Gasteiger partial charge in [0.25, 0.3) is 0 Å². The SMILES string of the molecule is Cc1cc(NC(=O)CN(Cc2nccs2)[C@H]2CC23CCNCC3)no1. The molecule has 134 valence electrons. The normalized spacial score (nSPS) is 21.6. The van der Waals surface area contributed by atoms with Crippen LogP contribution in [0, 0.1) is 12.3 Å². The summed E-state index contributed by atoms with van der Waals surface area (Å²) in [5.74, 6) is 1.11. The molecule has 1 saturated heterocycles. The molecule has 1 saturated carbocycles. The largest absolute Gasteiger partial charge is 0.360 e. The van der Waals surface area contributed by atoms with Gasteiger partial charge in [-0.25, -0.2) is 4.98 Å². The first-order valence-electron chi connectivity index (χ1n) is 8.71. The summed E-state index contributed by atoms with van der Waals surface area (Å²) in [6.07, 6.45) is 5.38. The maximum Gasteiger partial charge on any atom is 0.239 e. The molecule has 0 radical (unpaired) electrons. The van der Waals surface area contributed by atoms with Crippen LogP contribution >= 0.6 is 11.3 Å². The molecule has 1 aliphatic carbocycles. The molecule has 0 aromatic carbocycles. The van der Waals surface area contributed by atoms with E-state index >= 15 is 0 Å². The van der Waals surface area contributed by atoms with Crippen LogP contribution in [0.4, 0.5) is 5.82 Å². The highest BCUT2D eigenvalue weighted by Crippen LogP contribution is 2.55. The Bertz CT molecular complexity index is 723. The van der Waals surface area contributed by atoms with Crippen molar-refractivity contribution in [1.29, 1.82) is 0 Å². The van der Waals surface area contributed by atoms with Gasteiger partial charge in [-0.15, -0.1) is 11.3 Å². The van der Waals surface area contributed by atoms with Crippen molar-refractivity contribution in [3.05, 3.63) is 28.4 Å². The molecular weight excluding hydrogens is 338 g/mol. The van der Waals surface area contributed by atoms with Gasteiger partial charge in [-0.1, -0.05) is 5.16 Å². The minimum Gasteiger partial charge on any atom is -0.360 e. The van der Waals surface area contributed by atoms with E-state index in [1.54, 1.807) is 17.4 Å². The lowest BCUT2D eigenvalue weighted by Crippen LogP contribution is -2.39. The van der Waals surface area contributed by atoms with Gasteiger partial charge in [0, 0.05) is 23.7 Å². The Labute approximate surface area is 150 Å². The van der Waals surface area contributed by atoms with Crippen LogP contribution in [0.15, 0.2) is 22.2 Å². The Morgan fingerprint density at radius 3 is 3.04 bits per heavy atom. The molecular formula is C17H23N5O2S. The minimum atomic E-state index is -0.0548. The molecule has 2 aromatic rings. The van der Waals surface area contributed by atoms with Crippen molar-refractivity contribution in [2.45, 2.75) is 38.8 Å². The van der Waals surface area contributed by atoms with E-state index in [2.05, 4.69) is 25.7 Å². The molecule has 2 N–H and O–H groups in total. The summed E-state index contributed by atoms with van der Waals surface area (Å²) in [6, 6.07) is 2.19. The number of carbonyl (C=O) groups excluding carboxylic acids is 1. The number of hydrogen-bond acceptors (Lipinski definition) is 7. The van der Waals surface area contributed by atoms with Crippen LogP contribution < -0.4 is 10.6 Å². The zero-order chi connectivity index (χ0) is 17.3. The number of rotatable bonds is 6. The van der Waals surface area contributed by atoms with Crippen LogP contribution in [-0.4, -0.2) is 46.6 Å². The van der Waals surface area contributed by atoms with Gasteiger partial charge in [-0.05, 0) is 44.7 Å². The molecule has 2 aliphatic rings. The van der Waals surface area contributed by atoms with Crippen molar-refractivity contribution in [3.8, 4) is 0 Å². The van der Waals surface area contributed by atoms with Crippen molar-refractivity contribution in [2.75, 3.05) is 25.0 Å². The van der Waals surface area contributed by atoms with Gasteiger partial charge in [0.1, 0.15) is 10.8 Å². The molecule has 8 heteroatoms. The number of piperidine rings is 1. The average Bonchev–Trinajstić information content (AvgIpc) is 2.93. The lowest BCUT2D eigenvalue weighted by atomic mass is 9.93. The molecule has 25 heavy (non-hydrogen) atoms. The third-order valence-corrected chi connectivity index (χ3v) is 6.02. The lowest BCUT2D eigenvalue weighted by molar-refractivity contribution is -0.117. The Balaban J connectivity index is 1.43. The van der Waals surface area contributed by atoms with Gasteiger partial charge in [0.05, 0.1) is 13.1 Å². The Morgan fingerprint density at radius 1 is 1.52 bits per heavy atom. The number of anilines is 1. The van der Waals surface area contributed by atoms with E-state index in [4.69, 9.17) is 4.52 Å². The monoisotopic (exact) mass is 361 g/mol. The summed E-state index contributed by atoms with van der Waals surface area (Å²) < 4.78 is 5.01. The van der Waals surface area contributed by atoms with Gasteiger partial charge in [-0.3, -0.25) is 9.69 Å². The predicted octanol–water partition coefficient (Wildman–Crippen LogP) is 2.02. The second-order valence-electron chi connectivity index (χ2n) is 7.03. The molecule has 1 aliphatic heterocycles. The van der Waals surface area contributed by atoms with Crippen molar-refractivity contribution < 1.29 is 9.32 Å². The lowest BCUT2D eigenvalue weighted by Gasteiger charge is -2.28. The number of thiazole rings is 1. The Morgan fingerprint density at radius 2 is 2.36 bits per heavy atom. The van der Waals surface area contributed by atoms with Crippen LogP contribution in [0.1, 0.15) is 30.0 Å². The number of aryl methyl sites for hydroxylation is 1. The first-order chi connectivity index (χ1) is 12.1. The van der Waals surface area contributed by atoms with Crippen molar-refractivity contribution in [1.82, 2.24) is 20.4 Å². The fourth-order valence-corrected chi connectivity index (χ4v) is 4.52. The maximum atomic E-state index is 12.5. The highest BCUT2D eigenvalue weighted by Gasteiger charge is 2.56. The number of aromatic nitrogens is 2. The van der Waals surface area contributed by atoms with E-state index in [0.29, 0.717) is 29.6 Å². The highest BCUT2D eigenvalue weighted by atomic mass is 32.1. The van der Waals surface area contributed by atoms with E-state index in [1.165, 1.54) is 19.3 Å². The van der Waals surface area contributed by atoms with Crippen LogP contribution in [0.3, 0.4) is 0 Å². The van der Waals surface area contributed by atoms with Gasteiger partial charge < -0.3 is 15.2 Å². The number of nitrogens with one attached hydrogen (secondary N) is 2. The topological polar surface area (TPSA) is 83.3 Å². The van der Waals surface area contributed by atoms with Gasteiger partial charge in [0.2, 0.25) is 5.91 Å². The summed E-state index contributed by atoms with van der Waals surface area (Å²) in [7, 11) is 0. The summed E-state index contributed by atoms with van der Waals surface area (Å²) in [5, 5.41) is 13.1. The fourth-order valence-electron chi connectivity index (χ4n) is 3.88. The van der Waals surface area contributed by atoms with Gasteiger partial charge in [0.15, 0.2) is 5.82 Å². The molecule has 7 nitrogen and oxygen atoms in total. The first kappa shape index (κ1) is 16.7. The Kier molecular flexibility index (Phi) is 4.58. The molecule has 0 unspecified atom stereocenters. The van der Waals surface area contributed by atoms with Crippen molar-refractivity contribution >= 4 is 23.1 Å². The minimum absolute atomic E-state index is 0.0548. The summed E-state index contributed by atoms with van der Waals surface area (Å²) in [6.45, 7) is 5.04. The van der Waals surface area contributed by atoms with Crippen molar-refractivity contribution in [3.63, 3.8) is 0 Å². The zero-order valence-corrected chi connectivity index (χ0v) is 15.1. The molecule has 3 heterocycles. The molecule has 1 atom stereocenters. The third kappa shape index (κ3) is 3.75. The third-order valence-electron chi connectivity index (χ3n) is 5.25. The van der Waals surface area contributed by atoms with Gasteiger partial charge in [-0.2, -0.15) is 0 Å². The average molecular weight is 361 g/mol. The van der Waals surface area contributed by atoms with E-state index in [-0.39, 0.29) is 5.91 Å². The molecule has 2 aromatic heterocycles. The summed E-state index contributed by atoms with van der Waals surface area (Å²) in [5.41, 5.74) is 0.382. The Hall–Kier alpha value is -1.77. The van der Waals surface area contributed by atoms with Crippen LogP contribution in [0.25, 0.3) is 0 Å². The number of hydrogen-bond donors (Lipinski definition) is 2. The van der Waals surface area contributed by atoms with E-state index in [1.807, 2.05) is 18.5 Å². The van der Waals surface area contributed by atoms with Crippen LogP contribution in [0.2, 0.25) is 0 Å². The fraction of sp³-hybridized carbons (Fsp3) is 0.588. The second-order valence-corrected chi connectivity index (χ2v) is 8.01. The van der Waals surface area contributed by atoms with Gasteiger partial charge >= 0.3 is 0 Å². The second kappa shape index (κ2) is 6.86. The molecule has 4 rings (SSSR count). The van der Waals surface area contributed by atoms with Crippen molar-refractivity contribution in [2.24, 2.45) is 5.41 Å². The predicted molar refractivity (Wildman–Crippen MR) is 95.3 cm³/mol. The number of nitrogens with zero attached hydrogens (tertiary/aromatic N) is 3. The van der Waals surface area contributed by atoms with E-state index < -0.39 is 0 Å². The number of amides is 1. The number of carbonyl (C=O) groups is 1. The highest BCUT2D eigenvalue weighted by molar-refractivity contribution is 7.09. The summed E-state index contributed by atoms with van der Waals surface area (Å²) >= 11 is 1.64. The first-order valence-corrected chi connectivity index (χ1v) is 9.59. The standard InChI is InChI=1S/C17H23N5O2S/c1-12-8-14(21-24-12)20-15(23)10-22(11-16-19-6-7-25-16)13-9-17(13)2-4-18-5-3-17/h6-8,13,18H,2-5,9-11H2,1H3,(H,20,21,23)/t13-/m0/s1. The molecule has 0 bridgehead atoms. The zero-order valence-electron chi connectivity index (χ0n) is 14.3.